The predicted molar refractivity (Wildman–Crippen MR) is 68.0 cm³/mol. The molecule has 1 N–H and O–H groups in total. The van der Waals surface area contributed by atoms with Crippen molar-refractivity contribution in [2.45, 2.75) is 26.1 Å². The van der Waals surface area contributed by atoms with E-state index in [1.54, 1.807) is 13.8 Å². The van der Waals surface area contributed by atoms with E-state index in [0.717, 1.165) is 0 Å². The third kappa shape index (κ3) is 6.64. The minimum absolute atomic E-state index is 0.197. The van der Waals surface area contributed by atoms with Gasteiger partial charge < -0.3 is 9.47 Å². The predicted octanol–water partition coefficient (Wildman–Crippen LogP) is 3.36. The Bertz CT molecular complexity index is 497. The molecule has 116 valence electrons. The van der Waals surface area contributed by atoms with Gasteiger partial charge in [0.2, 0.25) is 0 Å². The molecule has 0 aliphatic rings. The highest BCUT2D eigenvalue weighted by molar-refractivity contribution is 5.91. The quantitative estimate of drug-likeness (QED) is 0.866. The van der Waals surface area contributed by atoms with E-state index < -0.39 is 24.8 Å². The number of carbonyl (C=O) groups excluding carboxylic acids is 2. The third-order valence-electron chi connectivity index (χ3n) is 2.08. The van der Waals surface area contributed by atoms with Gasteiger partial charge in [0.15, 0.2) is 6.61 Å². The van der Waals surface area contributed by atoms with Gasteiger partial charge in [-0.25, -0.2) is 9.59 Å². The van der Waals surface area contributed by atoms with Crippen molar-refractivity contribution in [1.82, 2.24) is 0 Å². The summed E-state index contributed by atoms with van der Waals surface area (Å²) in [6, 6.07) is 5.46. The molecule has 5 nitrogen and oxygen atoms in total. The van der Waals surface area contributed by atoms with E-state index in [4.69, 9.17) is 4.74 Å². The van der Waals surface area contributed by atoms with Gasteiger partial charge in [-0.05, 0) is 38.1 Å². The minimum Gasteiger partial charge on any atom is -0.459 e. The number of amides is 1. The van der Waals surface area contributed by atoms with Gasteiger partial charge in [0, 0.05) is 5.69 Å². The molecule has 0 bridgehead atoms. The Kier molecular flexibility index (Phi) is 5.57. The molecule has 0 heterocycles. The van der Waals surface area contributed by atoms with E-state index >= 15 is 0 Å². The van der Waals surface area contributed by atoms with Crippen molar-refractivity contribution in [3.63, 3.8) is 0 Å². The molecule has 0 saturated heterocycles. The van der Waals surface area contributed by atoms with Crippen LogP contribution in [-0.4, -0.2) is 30.9 Å². The first-order chi connectivity index (χ1) is 9.67. The smallest absolute Gasteiger partial charge is 0.422 e. The van der Waals surface area contributed by atoms with Crippen LogP contribution >= 0.6 is 0 Å². The lowest BCUT2D eigenvalue weighted by molar-refractivity contribution is -0.159. The van der Waals surface area contributed by atoms with Crippen LogP contribution in [-0.2, 0) is 9.47 Å². The molecule has 0 aliphatic carbocycles. The molecule has 1 aromatic carbocycles. The number of nitrogens with one attached hydrogen (secondary N) is 1. The van der Waals surface area contributed by atoms with Gasteiger partial charge in [0.25, 0.3) is 0 Å². The van der Waals surface area contributed by atoms with Crippen molar-refractivity contribution in [2.75, 3.05) is 11.9 Å². The molecule has 21 heavy (non-hydrogen) atoms. The van der Waals surface area contributed by atoms with Crippen molar-refractivity contribution >= 4 is 17.7 Å². The monoisotopic (exact) mass is 305 g/mol. The van der Waals surface area contributed by atoms with Crippen LogP contribution in [0.4, 0.5) is 23.7 Å². The topological polar surface area (TPSA) is 64.6 Å². The molecule has 0 aliphatic heterocycles. The molecule has 0 unspecified atom stereocenters. The lowest BCUT2D eigenvalue weighted by Gasteiger charge is -2.10. The zero-order valence-electron chi connectivity index (χ0n) is 11.4. The zero-order chi connectivity index (χ0) is 16.0. The van der Waals surface area contributed by atoms with Crippen LogP contribution in [0, 0.1) is 0 Å². The molecule has 1 amide bonds. The summed E-state index contributed by atoms with van der Waals surface area (Å²) in [4.78, 5) is 22.6. The number of esters is 1. The molecule has 0 spiro atoms. The summed E-state index contributed by atoms with van der Waals surface area (Å²) in [5, 5.41) is 2.11. The summed E-state index contributed by atoms with van der Waals surface area (Å²) in [5.74, 6) is -0.531. The maximum Gasteiger partial charge on any atom is 0.422 e. The lowest BCUT2D eigenvalue weighted by atomic mass is 10.2. The molecule has 1 rings (SSSR count). The van der Waals surface area contributed by atoms with Crippen molar-refractivity contribution in [3.8, 4) is 0 Å². The van der Waals surface area contributed by atoms with Crippen molar-refractivity contribution in [2.24, 2.45) is 0 Å². The average Bonchev–Trinajstić information content (AvgIpc) is 2.35. The van der Waals surface area contributed by atoms with Crippen LogP contribution < -0.4 is 5.32 Å². The van der Waals surface area contributed by atoms with Crippen LogP contribution in [0.5, 0.6) is 0 Å². The highest BCUT2D eigenvalue weighted by atomic mass is 19.4. The number of halogens is 3. The van der Waals surface area contributed by atoms with Crippen LogP contribution in [0.2, 0.25) is 0 Å². The van der Waals surface area contributed by atoms with Crippen LogP contribution in [0.15, 0.2) is 24.3 Å². The molecule has 0 aromatic heterocycles. The number of carbonyl (C=O) groups is 2. The maximum absolute atomic E-state index is 11.8. The maximum atomic E-state index is 11.8. The van der Waals surface area contributed by atoms with Crippen LogP contribution in [0.1, 0.15) is 24.2 Å². The molecule has 0 saturated carbocycles. The van der Waals surface area contributed by atoms with Gasteiger partial charge in [-0.1, -0.05) is 0 Å². The highest BCUT2D eigenvalue weighted by Crippen LogP contribution is 2.16. The van der Waals surface area contributed by atoms with Gasteiger partial charge in [-0.2, -0.15) is 13.2 Å². The van der Waals surface area contributed by atoms with Gasteiger partial charge in [0.05, 0.1) is 11.7 Å². The van der Waals surface area contributed by atoms with Crippen LogP contribution in [0.25, 0.3) is 0 Å². The van der Waals surface area contributed by atoms with Crippen LogP contribution in [0.3, 0.4) is 0 Å². The SMILES string of the molecule is CC(C)OC(=O)c1ccc(NC(=O)OCC(F)(F)F)cc1. The van der Waals surface area contributed by atoms with Crippen molar-refractivity contribution in [1.29, 1.82) is 0 Å². The number of alkyl halides is 3. The fourth-order valence-corrected chi connectivity index (χ4v) is 1.27. The normalized spacial score (nSPS) is 11.1. The Morgan fingerprint density at radius 2 is 1.76 bits per heavy atom. The molecule has 0 fully saturated rings. The Hall–Kier alpha value is -2.25. The summed E-state index contributed by atoms with van der Waals surface area (Å²) in [7, 11) is 0. The average molecular weight is 305 g/mol. The second kappa shape index (κ2) is 6.96. The number of hydrogen-bond acceptors (Lipinski definition) is 4. The number of hydrogen-bond donors (Lipinski definition) is 1. The first kappa shape index (κ1) is 16.8. The van der Waals surface area contributed by atoms with Crippen molar-refractivity contribution < 1.29 is 32.2 Å². The third-order valence-corrected chi connectivity index (χ3v) is 2.08. The number of ether oxygens (including phenoxy) is 2. The van der Waals surface area contributed by atoms with E-state index in [9.17, 15) is 22.8 Å². The largest absolute Gasteiger partial charge is 0.459 e. The highest BCUT2D eigenvalue weighted by Gasteiger charge is 2.29. The zero-order valence-corrected chi connectivity index (χ0v) is 11.4. The molecular formula is C13H14F3NO4. The fourth-order valence-electron chi connectivity index (χ4n) is 1.27. The summed E-state index contributed by atoms with van der Waals surface area (Å²) in [6.45, 7) is 1.73. The van der Waals surface area contributed by atoms with E-state index in [1.165, 1.54) is 24.3 Å². The molecular weight excluding hydrogens is 291 g/mol. The molecule has 1 aromatic rings. The first-order valence-corrected chi connectivity index (χ1v) is 5.99. The number of benzene rings is 1. The standard InChI is InChI=1S/C13H14F3NO4/c1-8(2)21-11(18)9-3-5-10(6-4-9)17-12(19)20-7-13(14,15)16/h3-6,8H,7H2,1-2H3,(H,17,19). The van der Waals surface area contributed by atoms with E-state index in [1.807, 2.05) is 0 Å². The second-order valence-corrected chi connectivity index (χ2v) is 4.35. The molecule has 8 heteroatoms. The van der Waals surface area contributed by atoms with Gasteiger partial charge >= 0.3 is 18.2 Å². The molecule has 0 atom stereocenters. The van der Waals surface area contributed by atoms with Gasteiger partial charge in [0.1, 0.15) is 0 Å². The Morgan fingerprint density at radius 1 is 1.19 bits per heavy atom. The minimum atomic E-state index is -4.58. The number of anilines is 1. The Balaban J connectivity index is 2.55. The number of rotatable bonds is 4. The summed E-state index contributed by atoms with van der Waals surface area (Å²) < 4.78 is 44.5. The summed E-state index contributed by atoms with van der Waals surface area (Å²) in [5.41, 5.74) is 0.459. The van der Waals surface area contributed by atoms with Gasteiger partial charge in [-0.15, -0.1) is 0 Å². The van der Waals surface area contributed by atoms with E-state index in [-0.39, 0.29) is 17.4 Å². The second-order valence-electron chi connectivity index (χ2n) is 4.35. The lowest BCUT2D eigenvalue weighted by Crippen LogP contribution is -2.23. The van der Waals surface area contributed by atoms with E-state index in [0.29, 0.717) is 0 Å². The molecule has 0 radical (unpaired) electrons. The van der Waals surface area contributed by atoms with Gasteiger partial charge in [-0.3, -0.25) is 5.32 Å². The summed E-state index contributed by atoms with van der Waals surface area (Å²) >= 11 is 0. The van der Waals surface area contributed by atoms with E-state index in [2.05, 4.69) is 10.1 Å². The Labute approximate surface area is 119 Å². The van der Waals surface area contributed by atoms with Crippen molar-refractivity contribution in [3.05, 3.63) is 29.8 Å². The Morgan fingerprint density at radius 3 is 2.24 bits per heavy atom. The first-order valence-electron chi connectivity index (χ1n) is 5.99. The fraction of sp³-hybridized carbons (Fsp3) is 0.385. The summed E-state index contributed by atoms with van der Waals surface area (Å²) in [6.07, 6.45) is -6.08.